The fraction of sp³-hybridized carbons (Fsp3) is 0.286. The van der Waals surface area contributed by atoms with Crippen molar-refractivity contribution in [1.29, 1.82) is 0 Å². The Hall–Kier alpha value is -0.830. The number of benzene rings is 1. The molecule has 2 aromatic rings. The molecule has 17 heavy (non-hydrogen) atoms. The summed E-state index contributed by atoms with van der Waals surface area (Å²) >= 11 is 7.83. The van der Waals surface area contributed by atoms with Crippen LogP contribution in [0.2, 0.25) is 5.02 Å². The molecule has 3 heteroatoms. The van der Waals surface area contributed by atoms with Gasteiger partial charge in [0.2, 0.25) is 0 Å². The van der Waals surface area contributed by atoms with Crippen LogP contribution in [-0.4, -0.2) is 0 Å². The average molecular weight is 266 g/mol. The molecule has 2 rings (SSSR count). The molecular weight excluding hydrogens is 250 g/mol. The van der Waals surface area contributed by atoms with Crippen LogP contribution in [0.25, 0.3) is 0 Å². The third-order valence-corrected chi connectivity index (χ3v) is 3.93. The van der Waals surface area contributed by atoms with Crippen molar-refractivity contribution in [3.63, 3.8) is 0 Å². The van der Waals surface area contributed by atoms with E-state index in [1.54, 1.807) is 11.3 Å². The number of hydrogen-bond donors (Lipinski definition) is 1. The maximum Gasteiger partial charge on any atom is 0.0411 e. The Balaban J connectivity index is 2.01. The van der Waals surface area contributed by atoms with E-state index in [1.807, 2.05) is 19.1 Å². The molecule has 0 amide bonds. The first-order valence-corrected chi connectivity index (χ1v) is 6.96. The summed E-state index contributed by atoms with van der Waals surface area (Å²) in [4.78, 5) is 1.39. The van der Waals surface area contributed by atoms with Gasteiger partial charge in [0, 0.05) is 15.9 Å². The van der Waals surface area contributed by atoms with Gasteiger partial charge >= 0.3 is 0 Å². The van der Waals surface area contributed by atoms with Crippen LogP contribution in [0.15, 0.2) is 35.7 Å². The minimum atomic E-state index is 0.0644. The summed E-state index contributed by atoms with van der Waals surface area (Å²) in [6.07, 6.45) is 1.99. The quantitative estimate of drug-likeness (QED) is 0.874. The van der Waals surface area contributed by atoms with Gasteiger partial charge in [0.15, 0.2) is 0 Å². The van der Waals surface area contributed by atoms with Crippen LogP contribution in [0.4, 0.5) is 0 Å². The van der Waals surface area contributed by atoms with Gasteiger partial charge in [-0.2, -0.15) is 0 Å². The van der Waals surface area contributed by atoms with E-state index in [0.29, 0.717) is 0 Å². The molecule has 0 aliphatic heterocycles. The maximum absolute atomic E-state index is 6.20. The first-order chi connectivity index (χ1) is 8.15. The summed E-state index contributed by atoms with van der Waals surface area (Å²) in [6, 6.07) is 10.3. The number of thiophene rings is 1. The molecule has 0 aliphatic carbocycles. The minimum Gasteiger partial charge on any atom is -0.324 e. The van der Waals surface area contributed by atoms with Crippen molar-refractivity contribution in [2.75, 3.05) is 0 Å². The molecule has 1 nitrogen and oxygen atoms in total. The van der Waals surface area contributed by atoms with Crippen LogP contribution in [-0.2, 0) is 6.42 Å². The van der Waals surface area contributed by atoms with Gasteiger partial charge in [-0.25, -0.2) is 0 Å². The summed E-state index contributed by atoms with van der Waals surface area (Å²) in [5, 5.41) is 2.87. The highest BCUT2D eigenvalue weighted by Crippen LogP contribution is 2.23. The van der Waals surface area contributed by atoms with E-state index in [1.165, 1.54) is 10.4 Å². The highest BCUT2D eigenvalue weighted by Gasteiger charge is 2.08. The lowest BCUT2D eigenvalue weighted by Gasteiger charge is -2.12. The predicted molar refractivity (Wildman–Crippen MR) is 75.8 cm³/mol. The predicted octanol–water partition coefficient (Wildman–Crippen LogP) is 4.34. The van der Waals surface area contributed by atoms with Crippen LogP contribution in [0.5, 0.6) is 0 Å². The third kappa shape index (κ3) is 3.56. The van der Waals surface area contributed by atoms with E-state index >= 15 is 0 Å². The fourth-order valence-corrected chi connectivity index (χ4v) is 2.92. The van der Waals surface area contributed by atoms with Crippen molar-refractivity contribution in [2.45, 2.75) is 25.8 Å². The summed E-state index contributed by atoms with van der Waals surface area (Å²) < 4.78 is 0. The van der Waals surface area contributed by atoms with Gasteiger partial charge in [-0.05, 0) is 54.5 Å². The Labute approximate surface area is 111 Å². The van der Waals surface area contributed by atoms with E-state index in [4.69, 9.17) is 17.3 Å². The highest BCUT2D eigenvalue weighted by molar-refractivity contribution is 7.09. The van der Waals surface area contributed by atoms with Crippen molar-refractivity contribution < 1.29 is 0 Å². The molecule has 0 aliphatic rings. The molecule has 1 heterocycles. The zero-order chi connectivity index (χ0) is 12.3. The average Bonchev–Trinajstić information content (AvgIpc) is 2.77. The van der Waals surface area contributed by atoms with Gasteiger partial charge in [-0.15, -0.1) is 11.3 Å². The van der Waals surface area contributed by atoms with Crippen molar-refractivity contribution in [1.82, 2.24) is 0 Å². The van der Waals surface area contributed by atoms with E-state index in [9.17, 15) is 0 Å². The van der Waals surface area contributed by atoms with Crippen LogP contribution in [0.3, 0.4) is 0 Å². The molecule has 0 bridgehead atoms. The lowest BCUT2D eigenvalue weighted by atomic mass is 10.0. The molecular formula is C14H16ClNS. The van der Waals surface area contributed by atoms with Gasteiger partial charge in [0.25, 0.3) is 0 Å². The Kier molecular flexibility index (Phi) is 4.21. The number of hydrogen-bond acceptors (Lipinski definition) is 2. The Morgan fingerprint density at radius 2 is 2.18 bits per heavy atom. The molecule has 1 aromatic carbocycles. The first-order valence-electron chi connectivity index (χ1n) is 5.70. The Morgan fingerprint density at radius 3 is 2.82 bits per heavy atom. The first kappa shape index (κ1) is 12.6. The van der Waals surface area contributed by atoms with Crippen LogP contribution < -0.4 is 5.73 Å². The van der Waals surface area contributed by atoms with E-state index < -0.39 is 0 Å². The molecule has 1 aromatic heterocycles. The second kappa shape index (κ2) is 5.67. The number of rotatable bonds is 4. The molecule has 2 N–H and O–H groups in total. The summed E-state index contributed by atoms with van der Waals surface area (Å²) in [5.41, 5.74) is 8.49. The SMILES string of the molecule is Cc1cc(Cl)cc(C(N)CCc2cccs2)c1. The molecule has 1 unspecified atom stereocenters. The van der Waals surface area contributed by atoms with E-state index in [-0.39, 0.29) is 6.04 Å². The monoisotopic (exact) mass is 265 g/mol. The molecule has 0 saturated carbocycles. The zero-order valence-corrected chi connectivity index (χ0v) is 11.4. The van der Waals surface area contributed by atoms with Gasteiger partial charge < -0.3 is 5.73 Å². The van der Waals surface area contributed by atoms with Crippen molar-refractivity contribution in [2.24, 2.45) is 5.73 Å². The topological polar surface area (TPSA) is 26.0 Å². The normalized spacial score (nSPS) is 12.6. The third-order valence-electron chi connectivity index (χ3n) is 2.77. The molecule has 0 saturated heterocycles. The summed E-state index contributed by atoms with van der Waals surface area (Å²) in [7, 11) is 0. The number of nitrogens with two attached hydrogens (primary N) is 1. The van der Waals surface area contributed by atoms with Crippen molar-refractivity contribution >= 4 is 22.9 Å². The second-order valence-corrected chi connectivity index (χ2v) is 5.76. The highest BCUT2D eigenvalue weighted by atomic mass is 35.5. The van der Waals surface area contributed by atoms with Crippen molar-refractivity contribution in [3.8, 4) is 0 Å². The lowest BCUT2D eigenvalue weighted by molar-refractivity contribution is 0.655. The maximum atomic E-state index is 6.20. The van der Waals surface area contributed by atoms with Crippen LogP contribution >= 0.6 is 22.9 Å². The van der Waals surface area contributed by atoms with Gasteiger partial charge in [-0.3, -0.25) is 0 Å². The number of aryl methyl sites for hydroxylation is 2. The van der Waals surface area contributed by atoms with Gasteiger partial charge in [0.05, 0.1) is 0 Å². The minimum absolute atomic E-state index is 0.0644. The van der Waals surface area contributed by atoms with Gasteiger partial charge in [0.1, 0.15) is 0 Å². The lowest BCUT2D eigenvalue weighted by Crippen LogP contribution is -2.11. The molecule has 0 spiro atoms. The molecule has 1 atom stereocenters. The standard InChI is InChI=1S/C14H16ClNS/c1-10-7-11(9-12(15)8-10)14(16)5-4-13-3-2-6-17-13/h2-3,6-9,14H,4-5,16H2,1H3. The zero-order valence-electron chi connectivity index (χ0n) is 9.82. The number of halogens is 1. The summed E-state index contributed by atoms with van der Waals surface area (Å²) in [6.45, 7) is 2.04. The van der Waals surface area contributed by atoms with Crippen LogP contribution in [0, 0.1) is 6.92 Å². The Morgan fingerprint density at radius 1 is 1.35 bits per heavy atom. The van der Waals surface area contributed by atoms with E-state index in [2.05, 4.69) is 23.6 Å². The Bertz CT molecular complexity index is 459. The molecule has 90 valence electrons. The van der Waals surface area contributed by atoms with Gasteiger partial charge in [-0.1, -0.05) is 23.7 Å². The summed E-state index contributed by atoms with van der Waals surface area (Å²) in [5.74, 6) is 0. The second-order valence-electron chi connectivity index (χ2n) is 4.29. The molecule has 0 fully saturated rings. The largest absolute Gasteiger partial charge is 0.324 e. The van der Waals surface area contributed by atoms with Crippen LogP contribution in [0.1, 0.15) is 28.5 Å². The van der Waals surface area contributed by atoms with Crippen molar-refractivity contribution in [3.05, 3.63) is 56.7 Å². The molecule has 0 radical (unpaired) electrons. The smallest absolute Gasteiger partial charge is 0.0411 e. The fourth-order valence-electron chi connectivity index (χ4n) is 1.90. The van der Waals surface area contributed by atoms with E-state index in [0.717, 1.165) is 23.4 Å².